The fourth-order valence-electron chi connectivity index (χ4n) is 0.715. The normalized spacial score (nSPS) is 28.7. The minimum Gasteiger partial charge on any atom is -0.405 e. The predicted octanol–water partition coefficient (Wildman–Crippen LogP) is 2.54. The largest absolute Gasteiger partial charge is 0.488 e. The minimum absolute atomic E-state index is 0.187. The first-order valence-electron chi connectivity index (χ1n) is 5.02. The molecule has 1 saturated carbocycles. The molecule has 0 amide bonds. The van der Waals surface area contributed by atoms with E-state index in [4.69, 9.17) is 9.31 Å². The van der Waals surface area contributed by atoms with Gasteiger partial charge in [0.25, 0.3) is 0 Å². The first kappa shape index (κ1) is 11.1. The minimum atomic E-state index is -0.188. The van der Waals surface area contributed by atoms with Crippen molar-refractivity contribution in [1.82, 2.24) is 0 Å². The van der Waals surface area contributed by atoms with Gasteiger partial charge in [-0.25, -0.2) is 0 Å². The molecule has 0 atom stereocenters. The van der Waals surface area contributed by atoms with Gasteiger partial charge in [0, 0.05) is 0 Å². The van der Waals surface area contributed by atoms with Gasteiger partial charge < -0.3 is 9.31 Å². The summed E-state index contributed by atoms with van der Waals surface area (Å²) in [5, 5.41) is 0. The van der Waals surface area contributed by atoms with Crippen LogP contribution in [0.4, 0.5) is 0 Å². The highest BCUT2D eigenvalue weighted by Crippen LogP contribution is 2.33. The topological polar surface area (TPSA) is 18.5 Å². The monoisotopic (exact) mass is 183 g/mol. The lowest BCUT2D eigenvalue weighted by Crippen LogP contribution is -2.41. The van der Waals surface area contributed by atoms with E-state index in [1.54, 1.807) is 0 Å². The lowest BCUT2D eigenvalue weighted by molar-refractivity contribution is 0.00578. The highest BCUT2D eigenvalue weighted by atomic mass is 16.7. The lowest BCUT2D eigenvalue weighted by Gasteiger charge is -2.32. The summed E-state index contributed by atoms with van der Waals surface area (Å²) in [4.78, 5) is 0. The second-order valence-electron chi connectivity index (χ2n) is 5.04. The van der Waals surface area contributed by atoms with E-state index < -0.39 is 0 Å². The van der Waals surface area contributed by atoms with Crippen molar-refractivity contribution in [2.24, 2.45) is 5.92 Å². The summed E-state index contributed by atoms with van der Waals surface area (Å²) in [6.45, 7) is 10.3. The molecule has 1 aliphatic carbocycles. The van der Waals surface area contributed by atoms with Crippen LogP contribution < -0.4 is 0 Å². The van der Waals surface area contributed by atoms with E-state index in [2.05, 4.69) is 6.92 Å². The molecule has 0 aromatic heterocycles. The molecule has 0 spiro atoms. The van der Waals surface area contributed by atoms with E-state index in [-0.39, 0.29) is 11.2 Å². The zero-order valence-corrected chi connectivity index (χ0v) is 9.39. The van der Waals surface area contributed by atoms with Crippen molar-refractivity contribution in [1.29, 1.82) is 0 Å². The third kappa shape index (κ3) is 2.99. The van der Waals surface area contributed by atoms with Crippen molar-refractivity contribution >= 4 is 7.69 Å². The summed E-state index contributed by atoms with van der Waals surface area (Å²) in [6, 6.07) is 0. The molecule has 2 nitrogen and oxygen atoms in total. The van der Waals surface area contributed by atoms with Gasteiger partial charge in [-0.1, -0.05) is 19.8 Å². The van der Waals surface area contributed by atoms with Gasteiger partial charge in [0.05, 0.1) is 11.2 Å². The molecule has 1 heterocycles. The second-order valence-corrected chi connectivity index (χ2v) is 5.04. The van der Waals surface area contributed by atoms with Gasteiger partial charge in [0.1, 0.15) is 0 Å². The van der Waals surface area contributed by atoms with E-state index in [9.17, 15) is 0 Å². The zero-order valence-electron chi connectivity index (χ0n) is 9.39. The van der Waals surface area contributed by atoms with Crippen LogP contribution in [0.15, 0.2) is 0 Å². The number of hydrogen-bond donors (Lipinski definition) is 0. The molecular weight excluding hydrogens is 163 g/mol. The summed E-state index contributed by atoms with van der Waals surface area (Å²) in [7, 11) is 1.42. The third-order valence-electron chi connectivity index (χ3n) is 3.00. The summed E-state index contributed by atoms with van der Waals surface area (Å²) in [5.74, 6) is 1.08. The maximum absolute atomic E-state index is 5.21. The summed E-state index contributed by atoms with van der Waals surface area (Å²) < 4.78 is 10.4. The smallest absolute Gasteiger partial charge is 0.405 e. The van der Waals surface area contributed by atoms with Gasteiger partial charge in [-0.05, 0) is 33.6 Å². The first-order chi connectivity index (χ1) is 5.85. The van der Waals surface area contributed by atoms with Gasteiger partial charge >= 0.3 is 7.69 Å². The van der Waals surface area contributed by atoms with E-state index >= 15 is 0 Å². The first-order valence-corrected chi connectivity index (χ1v) is 5.02. The van der Waals surface area contributed by atoms with Crippen LogP contribution in [0, 0.1) is 5.92 Å². The fraction of sp³-hybridized carbons (Fsp3) is 1.00. The van der Waals surface area contributed by atoms with Crippen LogP contribution >= 0.6 is 0 Å². The number of hydrogen-bond acceptors (Lipinski definition) is 2. The molecule has 75 valence electrons. The molecule has 2 fully saturated rings. The lowest BCUT2D eigenvalue weighted by atomic mass is 9.90. The molecule has 2 rings (SSSR count). The molecular formula is C10H20BO2. The molecule has 0 unspecified atom stereocenters. The second kappa shape index (κ2) is 3.62. The van der Waals surface area contributed by atoms with E-state index in [0.29, 0.717) is 0 Å². The third-order valence-corrected chi connectivity index (χ3v) is 3.00. The molecule has 3 heteroatoms. The van der Waals surface area contributed by atoms with Crippen molar-refractivity contribution in [3.8, 4) is 0 Å². The highest BCUT2D eigenvalue weighted by molar-refractivity contribution is 6.19. The average Bonchev–Trinajstić information content (AvgIpc) is 2.66. The molecule has 0 aromatic carbocycles. The molecule has 2 aliphatic rings. The summed E-state index contributed by atoms with van der Waals surface area (Å²) in [5.41, 5.74) is -0.375. The van der Waals surface area contributed by atoms with E-state index in [1.807, 2.05) is 27.7 Å². The maximum atomic E-state index is 5.21. The Balaban J connectivity index is 0.000000175. The SMILES string of the molecule is CC1(C)O[B]OC1(C)C.CC1CC1. The van der Waals surface area contributed by atoms with Crippen LogP contribution in [-0.2, 0) is 9.31 Å². The fourth-order valence-corrected chi connectivity index (χ4v) is 0.715. The average molecular weight is 183 g/mol. The van der Waals surface area contributed by atoms with Crippen LogP contribution in [0.3, 0.4) is 0 Å². The van der Waals surface area contributed by atoms with Crippen molar-refractivity contribution in [2.75, 3.05) is 0 Å². The molecule has 0 aromatic rings. The highest BCUT2D eigenvalue weighted by Gasteiger charge is 2.44. The molecule has 1 aliphatic heterocycles. The van der Waals surface area contributed by atoms with Crippen LogP contribution in [0.25, 0.3) is 0 Å². The Labute approximate surface area is 82.3 Å². The molecule has 13 heavy (non-hydrogen) atoms. The molecule has 1 saturated heterocycles. The number of rotatable bonds is 0. The summed E-state index contributed by atoms with van der Waals surface area (Å²) in [6.07, 6.45) is 2.97. The van der Waals surface area contributed by atoms with Gasteiger partial charge in [-0.2, -0.15) is 0 Å². The van der Waals surface area contributed by atoms with E-state index in [0.717, 1.165) is 5.92 Å². The Bertz CT molecular complexity index is 160. The Kier molecular flexibility index (Phi) is 3.08. The maximum Gasteiger partial charge on any atom is 0.488 e. The van der Waals surface area contributed by atoms with E-state index in [1.165, 1.54) is 20.5 Å². The molecule has 0 bridgehead atoms. The summed E-state index contributed by atoms with van der Waals surface area (Å²) >= 11 is 0. The zero-order chi connectivity index (χ0) is 10.1. The van der Waals surface area contributed by atoms with Crippen LogP contribution in [0.5, 0.6) is 0 Å². The van der Waals surface area contributed by atoms with Crippen molar-refractivity contribution in [3.05, 3.63) is 0 Å². The molecule has 0 N–H and O–H groups in total. The van der Waals surface area contributed by atoms with Gasteiger partial charge in [-0.15, -0.1) is 0 Å². The Morgan fingerprint density at radius 1 is 1.00 bits per heavy atom. The van der Waals surface area contributed by atoms with Gasteiger partial charge in [-0.3, -0.25) is 0 Å². The van der Waals surface area contributed by atoms with Crippen LogP contribution in [-0.4, -0.2) is 18.9 Å². The van der Waals surface area contributed by atoms with Crippen LogP contribution in [0.2, 0.25) is 0 Å². The van der Waals surface area contributed by atoms with Gasteiger partial charge in [0.2, 0.25) is 0 Å². The quantitative estimate of drug-likeness (QED) is 0.537. The molecule has 1 radical (unpaired) electrons. The standard InChI is InChI=1S/C6H12BO2.C4H8/c1-5(2)6(3,4)9-7-8-5;1-4-2-3-4/h1-4H3;4H,2-3H2,1H3. The Morgan fingerprint density at radius 2 is 1.31 bits per heavy atom. The van der Waals surface area contributed by atoms with Crippen molar-refractivity contribution in [3.63, 3.8) is 0 Å². The Morgan fingerprint density at radius 3 is 1.38 bits per heavy atom. The van der Waals surface area contributed by atoms with Crippen molar-refractivity contribution in [2.45, 2.75) is 58.7 Å². The van der Waals surface area contributed by atoms with Crippen molar-refractivity contribution < 1.29 is 9.31 Å². The van der Waals surface area contributed by atoms with Gasteiger partial charge in [0.15, 0.2) is 0 Å². The predicted molar refractivity (Wildman–Crippen MR) is 54.5 cm³/mol. The van der Waals surface area contributed by atoms with Crippen LogP contribution in [0.1, 0.15) is 47.5 Å². The Hall–Kier alpha value is -0.0151.